The van der Waals surface area contributed by atoms with Gasteiger partial charge in [0.1, 0.15) is 11.6 Å². The summed E-state index contributed by atoms with van der Waals surface area (Å²) in [6.45, 7) is 8.00. The number of hydrogen-bond acceptors (Lipinski definition) is 4. The molecule has 40 heavy (non-hydrogen) atoms. The zero-order chi connectivity index (χ0) is 28.4. The van der Waals surface area contributed by atoms with E-state index in [1.807, 2.05) is 41.3 Å². The fourth-order valence-electron chi connectivity index (χ4n) is 5.97. The van der Waals surface area contributed by atoms with Crippen molar-refractivity contribution in [2.75, 3.05) is 32.7 Å². The molecule has 2 saturated heterocycles. The van der Waals surface area contributed by atoms with Crippen LogP contribution in [0.1, 0.15) is 63.5 Å². The molecule has 0 radical (unpaired) electrons. The molecule has 2 N–H and O–H groups in total. The third kappa shape index (κ3) is 7.94. The minimum Gasteiger partial charge on any atom is -0.356 e. The van der Waals surface area contributed by atoms with Gasteiger partial charge >= 0.3 is 0 Å². The molecule has 2 aliphatic heterocycles. The first-order valence-electron chi connectivity index (χ1n) is 15.1. The summed E-state index contributed by atoms with van der Waals surface area (Å²) >= 11 is 0. The summed E-state index contributed by atoms with van der Waals surface area (Å²) in [6.07, 6.45) is 5.68. The van der Waals surface area contributed by atoms with Crippen molar-refractivity contribution in [1.82, 2.24) is 20.4 Å². The molecule has 7 nitrogen and oxygen atoms in total. The second kappa shape index (κ2) is 14.4. The third-order valence-corrected chi connectivity index (χ3v) is 8.32. The standard InChI is InChI=1S/C33H46N4O3/c1-26(2)25-37-31(39)29(15-9-10-21-34-30(38)17-16-27-11-5-3-6-12-27)35-32(40)33(37)19-23-36(24-20-33)22-18-28-13-7-4-8-14-28/h3-8,11-14,26,29H,9-10,15-25H2,1-2H3,(H,34,38)(H,35,40)/t29-/m0/s1. The number of piperazine rings is 1. The Morgan fingerprint density at radius 2 is 1.57 bits per heavy atom. The van der Waals surface area contributed by atoms with Crippen molar-refractivity contribution < 1.29 is 14.4 Å². The summed E-state index contributed by atoms with van der Waals surface area (Å²) in [5.41, 5.74) is 1.74. The number of unbranched alkanes of at least 4 members (excludes halogenated alkanes) is 1. The average molecular weight is 547 g/mol. The van der Waals surface area contributed by atoms with E-state index in [4.69, 9.17) is 0 Å². The normalized spacial score (nSPS) is 19.2. The lowest BCUT2D eigenvalue weighted by Crippen LogP contribution is -2.73. The number of piperidine rings is 1. The molecule has 2 aliphatic rings. The van der Waals surface area contributed by atoms with Crippen LogP contribution in [0.15, 0.2) is 60.7 Å². The summed E-state index contributed by atoms with van der Waals surface area (Å²) in [5, 5.41) is 6.10. The van der Waals surface area contributed by atoms with Gasteiger partial charge in [0.25, 0.3) is 0 Å². The lowest BCUT2D eigenvalue weighted by atomic mass is 9.80. The van der Waals surface area contributed by atoms with E-state index in [1.165, 1.54) is 5.56 Å². The fourth-order valence-corrected chi connectivity index (χ4v) is 5.97. The van der Waals surface area contributed by atoms with E-state index < -0.39 is 11.6 Å². The zero-order valence-electron chi connectivity index (χ0n) is 24.2. The lowest BCUT2D eigenvalue weighted by molar-refractivity contribution is -0.162. The number of carbonyl (C=O) groups is 3. The summed E-state index contributed by atoms with van der Waals surface area (Å²) < 4.78 is 0. The van der Waals surface area contributed by atoms with Crippen LogP contribution in [0.3, 0.4) is 0 Å². The second-order valence-corrected chi connectivity index (χ2v) is 11.8. The van der Waals surface area contributed by atoms with E-state index >= 15 is 0 Å². The highest BCUT2D eigenvalue weighted by molar-refractivity contribution is 6.00. The van der Waals surface area contributed by atoms with Gasteiger partial charge in [-0.3, -0.25) is 14.4 Å². The van der Waals surface area contributed by atoms with Crippen LogP contribution in [0.25, 0.3) is 0 Å². The molecular weight excluding hydrogens is 500 g/mol. The Hall–Kier alpha value is -3.19. The molecule has 216 valence electrons. The minimum atomic E-state index is -0.742. The molecule has 2 aromatic carbocycles. The number of rotatable bonds is 13. The highest BCUT2D eigenvalue weighted by atomic mass is 16.2. The maximum absolute atomic E-state index is 13.7. The van der Waals surface area contributed by atoms with Crippen LogP contribution in [-0.4, -0.2) is 71.8 Å². The van der Waals surface area contributed by atoms with Crippen LogP contribution in [0.2, 0.25) is 0 Å². The summed E-state index contributed by atoms with van der Waals surface area (Å²) in [5.74, 6) is 0.397. The number of carbonyl (C=O) groups excluding carboxylic acids is 3. The number of nitrogens with one attached hydrogen (secondary N) is 2. The number of likely N-dealkylation sites (tertiary alicyclic amines) is 1. The van der Waals surface area contributed by atoms with E-state index in [0.717, 1.165) is 50.9 Å². The van der Waals surface area contributed by atoms with Crippen molar-refractivity contribution >= 4 is 17.7 Å². The summed E-state index contributed by atoms with van der Waals surface area (Å²) in [6, 6.07) is 20.0. The molecule has 0 aliphatic carbocycles. The Balaban J connectivity index is 1.23. The van der Waals surface area contributed by atoms with Gasteiger partial charge < -0.3 is 20.4 Å². The Kier molecular flexibility index (Phi) is 10.8. The topological polar surface area (TPSA) is 81.8 Å². The molecule has 0 aromatic heterocycles. The van der Waals surface area contributed by atoms with Crippen LogP contribution in [0.5, 0.6) is 0 Å². The van der Waals surface area contributed by atoms with Crippen LogP contribution < -0.4 is 10.6 Å². The number of nitrogens with zero attached hydrogens (tertiary/aromatic N) is 2. The molecule has 0 saturated carbocycles. The second-order valence-electron chi connectivity index (χ2n) is 11.8. The molecule has 0 bridgehead atoms. The maximum atomic E-state index is 13.7. The van der Waals surface area contributed by atoms with Gasteiger partial charge in [-0.2, -0.15) is 0 Å². The van der Waals surface area contributed by atoms with Gasteiger partial charge in [-0.1, -0.05) is 74.5 Å². The number of hydrogen-bond donors (Lipinski definition) is 2. The van der Waals surface area contributed by atoms with Gasteiger partial charge in [-0.05, 0) is 62.0 Å². The van der Waals surface area contributed by atoms with Gasteiger partial charge in [0.05, 0.1) is 0 Å². The van der Waals surface area contributed by atoms with Crippen molar-refractivity contribution in [1.29, 1.82) is 0 Å². The summed E-state index contributed by atoms with van der Waals surface area (Å²) in [4.78, 5) is 43.8. The van der Waals surface area contributed by atoms with Gasteiger partial charge in [-0.15, -0.1) is 0 Å². The van der Waals surface area contributed by atoms with E-state index in [1.54, 1.807) is 0 Å². The van der Waals surface area contributed by atoms with Crippen molar-refractivity contribution in [3.63, 3.8) is 0 Å². The fraction of sp³-hybridized carbons (Fsp3) is 0.545. The van der Waals surface area contributed by atoms with Crippen molar-refractivity contribution in [2.45, 2.75) is 76.8 Å². The van der Waals surface area contributed by atoms with Crippen LogP contribution in [0, 0.1) is 5.92 Å². The van der Waals surface area contributed by atoms with Crippen LogP contribution >= 0.6 is 0 Å². The summed E-state index contributed by atoms with van der Waals surface area (Å²) in [7, 11) is 0. The molecule has 1 spiro atoms. The minimum absolute atomic E-state index is 0.00896. The van der Waals surface area contributed by atoms with Gasteiger partial charge in [0, 0.05) is 39.1 Å². The van der Waals surface area contributed by atoms with E-state index in [2.05, 4.69) is 53.6 Å². The third-order valence-electron chi connectivity index (χ3n) is 8.32. The largest absolute Gasteiger partial charge is 0.356 e. The number of amides is 3. The van der Waals surface area contributed by atoms with E-state index in [-0.39, 0.29) is 23.6 Å². The van der Waals surface area contributed by atoms with Crippen molar-refractivity contribution in [2.24, 2.45) is 5.92 Å². The predicted molar refractivity (Wildman–Crippen MR) is 159 cm³/mol. The molecule has 7 heteroatoms. The van der Waals surface area contributed by atoms with E-state index in [0.29, 0.717) is 38.8 Å². The first kappa shape index (κ1) is 29.8. The quantitative estimate of drug-likeness (QED) is 0.373. The molecular formula is C33H46N4O3. The monoisotopic (exact) mass is 546 g/mol. The Morgan fingerprint density at radius 3 is 2.20 bits per heavy atom. The first-order valence-corrected chi connectivity index (χ1v) is 15.1. The molecule has 3 amide bonds. The maximum Gasteiger partial charge on any atom is 0.246 e. The van der Waals surface area contributed by atoms with Crippen molar-refractivity contribution in [3.05, 3.63) is 71.8 Å². The first-order chi connectivity index (χ1) is 19.4. The van der Waals surface area contributed by atoms with Crippen LogP contribution in [0.4, 0.5) is 0 Å². The molecule has 2 heterocycles. The molecule has 4 rings (SSSR count). The molecule has 0 unspecified atom stereocenters. The lowest BCUT2D eigenvalue weighted by Gasteiger charge is -2.52. The number of benzene rings is 2. The Bertz CT molecular complexity index is 1100. The highest BCUT2D eigenvalue weighted by Crippen LogP contribution is 2.34. The predicted octanol–water partition coefficient (Wildman–Crippen LogP) is 3.97. The Morgan fingerprint density at radius 1 is 0.950 bits per heavy atom. The van der Waals surface area contributed by atoms with Crippen LogP contribution in [-0.2, 0) is 27.2 Å². The van der Waals surface area contributed by atoms with Gasteiger partial charge in [0.15, 0.2) is 0 Å². The Labute approximate surface area is 239 Å². The molecule has 2 fully saturated rings. The smallest absolute Gasteiger partial charge is 0.246 e. The molecule has 2 aromatic rings. The average Bonchev–Trinajstić information content (AvgIpc) is 2.97. The van der Waals surface area contributed by atoms with Gasteiger partial charge in [-0.25, -0.2) is 0 Å². The highest BCUT2D eigenvalue weighted by Gasteiger charge is 2.53. The SMILES string of the molecule is CC(C)CN1C(=O)[C@H](CCCCNC(=O)CCc2ccccc2)NC(=O)C12CCN(CCc1ccccc1)CC2. The van der Waals surface area contributed by atoms with Gasteiger partial charge in [0.2, 0.25) is 17.7 Å². The number of aryl methyl sites for hydroxylation is 1. The van der Waals surface area contributed by atoms with Crippen molar-refractivity contribution in [3.8, 4) is 0 Å². The van der Waals surface area contributed by atoms with E-state index in [9.17, 15) is 14.4 Å². The zero-order valence-corrected chi connectivity index (χ0v) is 24.2. The molecule has 1 atom stereocenters.